The second-order valence-electron chi connectivity index (χ2n) is 4.47. The van der Waals surface area contributed by atoms with E-state index < -0.39 is 10.0 Å². The lowest BCUT2D eigenvalue weighted by Crippen LogP contribution is -2.15. The molecular formula is C14H14Cl2N2O2S. The van der Waals surface area contributed by atoms with Gasteiger partial charge in [0.15, 0.2) is 0 Å². The summed E-state index contributed by atoms with van der Waals surface area (Å²) in [7, 11) is -3.88. The van der Waals surface area contributed by atoms with Crippen LogP contribution in [0.15, 0.2) is 41.3 Å². The smallest absolute Gasteiger partial charge is 0.265 e. The maximum Gasteiger partial charge on any atom is 0.265 e. The lowest BCUT2D eigenvalue weighted by Gasteiger charge is -2.12. The quantitative estimate of drug-likeness (QED) is 0.825. The first-order valence-electron chi connectivity index (χ1n) is 6.19. The van der Waals surface area contributed by atoms with Crippen molar-refractivity contribution in [1.29, 1.82) is 0 Å². The van der Waals surface area contributed by atoms with Gasteiger partial charge in [-0.05, 0) is 36.2 Å². The highest BCUT2D eigenvalue weighted by Gasteiger charge is 2.22. The molecule has 2 aromatic carbocycles. The molecule has 0 atom stereocenters. The first kappa shape index (κ1) is 15.9. The molecule has 2 rings (SSSR count). The van der Waals surface area contributed by atoms with E-state index in [0.717, 1.165) is 12.0 Å². The highest BCUT2D eigenvalue weighted by atomic mass is 35.5. The van der Waals surface area contributed by atoms with Gasteiger partial charge in [-0.1, -0.05) is 42.3 Å². The summed E-state index contributed by atoms with van der Waals surface area (Å²) in [5, 5.41) is 0.267. The van der Waals surface area contributed by atoms with Crippen molar-refractivity contribution >= 4 is 44.6 Å². The van der Waals surface area contributed by atoms with Crippen molar-refractivity contribution in [3.63, 3.8) is 0 Å². The van der Waals surface area contributed by atoms with Gasteiger partial charge in [-0.25, -0.2) is 8.42 Å². The molecule has 21 heavy (non-hydrogen) atoms. The van der Waals surface area contributed by atoms with E-state index in [2.05, 4.69) is 4.72 Å². The van der Waals surface area contributed by atoms with Crippen LogP contribution >= 0.6 is 23.2 Å². The molecule has 0 fully saturated rings. The van der Waals surface area contributed by atoms with Gasteiger partial charge in [-0.3, -0.25) is 4.72 Å². The third-order valence-corrected chi connectivity index (χ3v) is 5.02. The van der Waals surface area contributed by atoms with Crippen LogP contribution in [0.2, 0.25) is 10.0 Å². The fraction of sp³-hybridized carbons (Fsp3) is 0.143. The molecule has 0 bridgehead atoms. The van der Waals surface area contributed by atoms with Gasteiger partial charge in [0.2, 0.25) is 0 Å². The first-order chi connectivity index (χ1) is 9.83. The van der Waals surface area contributed by atoms with Crippen molar-refractivity contribution in [3.05, 3.63) is 52.0 Å². The second-order valence-corrected chi connectivity index (χ2v) is 6.93. The number of nitrogens with two attached hydrogens (primary N) is 1. The Hall–Kier alpha value is -1.43. The third kappa shape index (κ3) is 3.61. The first-order valence-corrected chi connectivity index (χ1v) is 8.43. The maximum atomic E-state index is 12.4. The van der Waals surface area contributed by atoms with Crippen LogP contribution in [0.3, 0.4) is 0 Å². The summed E-state index contributed by atoms with van der Waals surface area (Å²) in [6, 6.07) is 9.82. The minimum Gasteiger partial charge on any atom is -0.398 e. The number of halogens is 2. The van der Waals surface area contributed by atoms with Crippen LogP contribution in [-0.2, 0) is 16.4 Å². The molecule has 4 nitrogen and oxygen atoms in total. The Balaban J connectivity index is 2.43. The zero-order valence-electron chi connectivity index (χ0n) is 11.2. The van der Waals surface area contributed by atoms with Crippen molar-refractivity contribution in [1.82, 2.24) is 0 Å². The summed E-state index contributed by atoms with van der Waals surface area (Å²) in [6.45, 7) is 1.99. The number of nitrogen functional groups attached to an aromatic ring is 1. The Morgan fingerprint density at radius 3 is 2.52 bits per heavy atom. The number of anilines is 2. The van der Waals surface area contributed by atoms with Crippen molar-refractivity contribution in [3.8, 4) is 0 Å². The molecule has 0 radical (unpaired) electrons. The summed E-state index contributed by atoms with van der Waals surface area (Å²) in [5.41, 5.74) is 7.21. The predicted octanol–water partition coefficient (Wildman–Crippen LogP) is 3.94. The molecule has 0 amide bonds. The van der Waals surface area contributed by atoms with Gasteiger partial charge in [0, 0.05) is 10.7 Å². The summed E-state index contributed by atoms with van der Waals surface area (Å²) < 4.78 is 27.3. The Morgan fingerprint density at radius 1 is 1.19 bits per heavy atom. The standard InChI is InChI=1S/C14H14Cl2N2O2S/c1-2-9-4-3-5-11(6-9)18-21(19,20)14-12(16)7-10(15)8-13(14)17/h3-8,18H,2,17H2,1H3. The number of rotatable bonds is 4. The highest BCUT2D eigenvalue weighted by molar-refractivity contribution is 7.93. The number of aryl methyl sites for hydroxylation is 1. The van der Waals surface area contributed by atoms with Crippen LogP contribution in [0.25, 0.3) is 0 Å². The fourth-order valence-corrected chi connectivity index (χ4v) is 3.96. The molecule has 0 aliphatic rings. The molecule has 0 saturated heterocycles. The summed E-state index contributed by atoms with van der Waals surface area (Å²) in [5.74, 6) is 0. The molecular weight excluding hydrogens is 331 g/mol. The van der Waals surface area contributed by atoms with Gasteiger partial charge in [-0.2, -0.15) is 0 Å². The topological polar surface area (TPSA) is 72.2 Å². The lowest BCUT2D eigenvalue weighted by atomic mass is 10.1. The molecule has 0 aliphatic heterocycles. The molecule has 0 spiro atoms. The molecule has 7 heteroatoms. The third-order valence-electron chi connectivity index (χ3n) is 2.89. The zero-order valence-corrected chi connectivity index (χ0v) is 13.6. The molecule has 112 valence electrons. The summed E-state index contributed by atoms with van der Waals surface area (Å²) in [4.78, 5) is -0.171. The molecule has 0 aromatic heterocycles. The zero-order chi connectivity index (χ0) is 15.6. The molecule has 3 N–H and O–H groups in total. The van der Waals surface area contributed by atoms with Gasteiger partial charge >= 0.3 is 0 Å². The van der Waals surface area contributed by atoms with Crippen molar-refractivity contribution in [2.45, 2.75) is 18.2 Å². The maximum absolute atomic E-state index is 12.4. The van der Waals surface area contributed by atoms with Crippen LogP contribution in [0.1, 0.15) is 12.5 Å². The SMILES string of the molecule is CCc1cccc(NS(=O)(=O)c2c(N)cc(Cl)cc2Cl)c1. The van der Waals surface area contributed by atoms with Gasteiger partial charge in [-0.15, -0.1) is 0 Å². The monoisotopic (exact) mass is 344 g/mol. The fourth-order valence-electron chi connectivity index (χ4n) is 1.92. The minimum absolute atomic E-state index is 0.00615. The van der Waals surface area contributed by atoms with Crippen LogP contribution in [-0.4, -0.2) is 8.42 Å². The Morgan fingerprint density at radius 2 is 1.90 bits per heavy atom. The van der Waals surface area contributed by atoms with E-state index in [1.54, 1.807) is 18.2 Å². The number of sulfonamides is 1. The van der Waals surface area contributed by atoms with Crippen molar-refractivity contribution in [2.24, 2.45) is 0 Å². The molecule has 2 aromatic rings. The number of nitrogens with one attached hydrogen (secondary N) is 1. The van der Waals surface area contributed by atoms with E-state index in [1.807, 2.05) is 13.0 Å². The van der Waals surface area contributed by atoms with Gasteiger partial charge < -0.3 is 5.73 Å². The minimum atomic E-state index is -3.88. The van der Waals surface area contributed by atoms with E-state index in [0.29, 0.717) is 5.69 Å². The summed E-state index contributed by atoms with van der Waals surface area (Å²) in [6.07, 6.45) is 0.805. The van der Waals surface area contributed by atoms with Gasteiger partial charge in [0.05, 0.1) is 10.7 Å². The Bertz CT molecular complexity index is 753. The highest BCUT2D eigenvalue weighted by Crippen LogP contribution is 2.32. The Kier molecular flexibility index (Phi) is 4.66. The number of hydrogen-bond donors (Lipinski definition) is 2. The number of hydrogen-bond acceptors (Lipinski definition) is 3. The molecule has 0 saturated carbocycles. The van der Waals surface area contributed by atoms with E-state index in [9.17, 15) is 8.42 Å². The van der Waals surface area contributed by atoms with Crippen LogP contribution in [0, 0.1) is 0 Å². The van der Waals surface area contributed by atoms with Crippen LogP contribution < -0.4 is 10.5 Å². The lowest BCUT2D eigenvalue weighted by molar-refractivity contribution is 0.601. The Labute approximate surface area is 133 Å². The van der Waals surface area contributed by atoms with E-state index in [1.165, 1.54) is 12.1 Å². The van der Waals surface area contributed by atoms with Crippen molar-refractivity contribution in [2.75, 3.05) is 10.5 Å². The predicted molar refractivity (Wildman–Crippen MR) is 87.5 cm³/mol. The molecule has 0 heterocycles. The van der Waals surface area contributed by atoms with Gasteiger partial charge in [0.25, 0.3) is 10.0 Å². The van der Waals surface area contributed by atoms with E-state index in [-0.39, 0.29) is 20.6 Å². The van der Waals surface area contributed by atoms with Crippen molar-refractivity contribution < 1.29 is 8.42 Å². The average Bonchev–Trinajstić information content (AvgIpc) is 2.36. The largest absolute Gasteiger partial charge is 0.398 e. The van der Waals surface area contributed by atoms with E-state index >= 15 is 0 Å². The van der Waals surface area contributed by atoms with Crippen LogP contribution in [0.4, 0.5) is 11.4 Å². The second kappa shape index (κ2) is 6.13. The average molecular weight is 345 g/mol. The summed E-state index contributed by atoms with van der Waals surface area (Å²) >= 11 is 11.8. The van der Waals surface area contributed by atoms with E-state index in [4.69, 9.17) is 28.9 Å². The normalized spacial score (nSPS) is 11.4. The van der Waals surface area contributed by atoms with Gasteiger partial charge in [0.1, 0.15) is 4.90 Å². The number of benzene rings is 2. The molecule has 0 unspecified atom stereocenters. The molecule has 0 aliphatic carbocycles. The van der Waals surface area contributed by atoms with Crippen LogP contribution in [0.5, 0.6) is 0 Å².